The number of hydrogen-bond acceptors (Lipinski definition) is 3. The van der Waals surface area contributed by atoms with Crippen molar-refractivity contribution in [3.63, 3.8) is 0 Å². The Kier molecular flexibility index (Phi) is 4.89. The van der Waals surface area contributed by atoms with Crippen LogP contribution in [0, 0.1) is 0 Å². The van der Waals surface area contributed by atoms with Crippen molar-refractivity contribution in [2.24, 2.45) is 0 Å². The van der Waals surface area contributed by atoms with Gasteiger partial charge in [-0.2, -0.15) is 8.78 Å². The van der Waals surface area contributed by atoms with Gasteiger partial charge in [0.25, 0.3) is 0 Å². The number of hydrogen-bond donors (Lipinski definition) is 0. The lowest BCUT2D eigenvalue weighted by atomic mass is 9.96. The first-order chi connectivity index (χ1) is 11.6. The predicted molar refractivity (Wildman–Crippen MR) is 86.1 cm³/mol. The average molecular weight is 330 g/mol. The van der Waals surface area contributed by atoms with Crippen molar-refractivity contribution in [1.29, 1.82) is 0 Å². The quantitative estimate of drug-likeness (QED) is 0.821. The molecule has 0 aromatic heterocycles. The third-order valence-electron chi connectivity index (χ3n) is 3.72. The van der Waals surface area contributed by atoms with Crippen LogP contribution in [0.4, 0.5) is 8.78 Å². The fraction of sp³-hybridized carbons (Fsp3) is 0.211. The van der Waals surface area contributed by atoms with Crippen molar-refractivity contribution in [3.8, 4) is 11.5 Å². The lowest BCUT2D eigenvalue weighted by molar-refractivity contribution is -0.114. The van der Waals surface area contributed by atoms with Crippen molar-refractivity contribution in [2.45, 2.75) is 25.9 Å². The number of fused-ring (bicyclic) bond motifs is 1. The molecule has 0 saturated carbocycles. The van der Waals surface area contributed by atoms with E-state index in [2.05, 4.69) is 4.74 Å². The molecule has 0 bridgehead atoms. The molecule has 0 radical (unpaired) electrons. The van der Waals surface area contributed by atoms with E-state index in [1.54, 1.807) is 0 Å². The third kappa shape index (κ3) is 3.98. The molecule has 124 valence electrons. The maximum absolute atomic E-state index is 12.2. The van der Waals surface area contributed by atoms with Gasteiger partial charge in [0.05, 0.1) is 0 Å². The summed E-state index contributed by atoms with van der Waals surface area (Å²) < 4.78 is 34.5. The molecule has 0 atom stereocenters. The van der Waals surface area contributed by atoms with Crippen LogP contribution in [-0.2, 0) is 11.2 Å². The van der Waals surface area contributed by atoms with Crippen molar-refractivity contribution >= 4 is 11.5 Å². The largest absolute Gasteiger partial charge is 0.457 e. The Hall–Kier alpha value is -2.69. The molecule has 0 unspecified atom stereocenters. The number of rotatable bonds is 4. The van der Waals surface area contributed by atoms with Crippen LogP contribution in [0.5, 0.6) is 11.5 Å². The van der Waals surface area contributed by atoms with E-state index < -0.39 is 6.61 Å². The van der Waals surface area contributed by atoms with E-state index in [1.165, 1.54) is 30.3 Å². The molecule has 2 aromatic rings. The lowest BCUT2D eigenvalue weighted by Gasteiger charge is -2.16. The smallest absolute Gasteiger partial charge is 0.387 e. The van der Waals surface area contributed by atoms with E-state index in [9.17, 15) is 13.6 Å². The number of allylic oxidation sites excluding steroid dienone is 1. The zero-order chi connectivity index (χ0) is 16.9. The Bertz CT molecular complexity index is 751. The first-order valence-corrected chi connectivity index (χ1v) is 7.67. The summed E-state index contributed by atoms with van der Waals surface area (Å²) in [5.41, 5.74) is 1.99. The molecule has 1 aliphatic rings. The number of carbonyl (C=O) groups excluding carboxylic acids is 1. The summed E-state index contributed by atoms with van der Waals surface area (Å²) in [7, 11) is 0. The Labute approximate surface area is 138 Å². The molecule has 0 N–H and O–H groups in total. The molecular weight excluding hydrogens is 314 g/mol. The molecule has 0 heterocycles. The Morgan fingerprint density at radius 1 is 0.917 bits per heavy atom. The molecule has 5 heteroatoms. The number of alkyl halides is 2. The Morgan fingerprint density at radius 2 is 1.62 bits per heavy atom. The van der Waals surface area contributed by atoms with Gasteiger partial charge in [-0.25, -0.2) is 0 Å². The van der Waals surface area contributed by atoms with Crippen molar-refractivity contribution < 1.29 is 23.0 Å². The van der Waals surface area contributed by atoms with E-state index in [4.69, 9.17) is 4.74 Å². The van der Waals surface area contributed by atoms with Crippen molar-refractivity contribution in [1.82, 2.24) is 0 Å². The molecule has 3 rings (SSSR count). The van der Waals surface area contributed by atoms with Crippen LogP contribution in [0.15, 0.2) is 54.6 Å². The summed E-state index contributed by atoms with van der Waals surface area (Å²) in [6, 6.07) is 13.6. The zero-order valence-electron chi connectivity index (χ0n) is 12.9. The van der Waals surface area contributed by atoms with Gasteiger partial charge in [0.15, 0.2) is 5.78 Å². The first-order valence-electron chi connectivity index (χ1n) is 7.67. The van der Waals surface area contributed by atoms with E-state index in [1.807, 2.05) is 24.3 Å². The minimum absolute atomic E-state index is 0.0113. The van der Waals surface area contributed by atoms with Gasteiger partial charge in [-0.15, -0.1) is 0 Å². The predicted octanol–water partition coefficient (Wildman–Crippen LogP) is 4.61. The third-order valence-corrected chi connectivity index (χ3v) is 3.72. The fourth-order valence-electron chi connectivity index (χ4n) is 2.63. The number of halogens is 2. The van der Waals surface area contributed by atoms with Crippen LogP contribution >= 0.6 is 0 Å². The minimum atomic E-state index is -2.87. The zero-order valence-corrected chi connectivity index (χ0v) is 12.9. The van der Waals surface area contributed by atoms with E-state index in [0.717, 1.165) is 24.0 Å². The lowest BCUT2D eigenvalue weighted by Crippen LogP contribution is -2.07. The highest BCUT2D eigenvalue weighted by atomic mass is 19.3. The Morgan fingerprint density at radius 3 is 2.38 bits per heavy atom. The summed E-state index contributed by atoms with van der Waals surface area (Å²) >= 11 is 0. The molecule has 0 saturated heterocycles. The molecule has 1 aliphatic carbocycles. The van der Waals surface area contributed by atoms with Crippen LogP contribution in [0.25, 0.3) is 5.76 Å². The summed E-state index contributed by atoms with van der Waals surface area (Å²) in [6.07, 6.45) is 3.59. The second-order valence-electron chi connectivity index (χ2n) is 5.44. The molecule has 0 spiro atoms. The van der Waals surface area contributed by atoms with Crippen molar-refractivity contribution in [3.05, 3.63) is 65.7 Å². The molecule has 3 nitrogen and oxygen atoms in total. The van der Waals surface area contributed by atoms with Gasteiger partial charge in [0.1, 0.15) is 17.3 Å². The molecule has 24 heavy (non-hydrogen) atoms. The molecule has 0 aliphatic heterocycles. The second-order valence-corrected chi connectivity index (χ2v) is 5.44. The van der Waals surface area contributed by atoms with Crippen LogP contribution in [0.3, 0.4) is 0 Å². The highest BCUT2D eigenvalue weighted by Gasteiger charge is 2.15. The summed E-state index contributed by atoms with van der Waals surface area (Å²) in [5, 5.41) is 0. The van der Waals surface area contributed by atoms with Gasteiger partial charge in [0, 0.05) is 18.1 Å². The number of ketones is 1. The van der Waals surface area contributed by atoms with Gasteiger partial charge in [-0.3, -0.25) is 4.79 Å². The number of aryl methyl sites for hydroxylation is 1. The summed E-state index contributed by atoms with van der Waals surface area (Å²) in [6.45, 7) is -2.87. The Balaban J connectivity index is 1.86. The highest BCUT2D eigenvalue weighted by Crippen LogP contribution is 2.28. The van der Waals surface area contributed by atoms with E-state index in [-0.39, 0.29) is 11.5 Å². The van der Waals surface area contributed by atoms with E-state index >= 15 is 0 Å². The van der Waals surface area contributed by atoms with Gasteiger partial charge in [0.2, 0.25) is 0 Å². The monoisotopic (exact) mass is 330 g/mol. The normalized spacial score (nSPS) is 14.5. The highest BCUT2D eigenvalue weighted by molar-refractivity contribution is 5.96. The standard InChI is InChI=1S/C19H16F2O3/c20-19(21)24-16-10-8-15(9-11-16)23-18-12-14(22)6-3-5-13-4-1-2-7-17(13)18/h1-2,4,7-12,19H,3,5-6H2. The number of carbonyl (C=O) groups is 1. The maximum atomic E-state index is 12.2. The first kappa shape index (κ1) is 16.2. The topological polar surface area (TPSA) is 35.5 Å². The van der Waals surface area contributed by atoms with Gasteiger partial charge >= 0.3 is 6.61 Å². The average Bonchev–Trinajstić information content (AvgIpc) is 2.54. The SMILES string of the molecule is O=C1C=C(Oc2ccc(OC(F)F)cc2)c2ccccc2CCC1. The molecule has 2 aromatic carbocycles. The van der Waals surface area contributed by atoms with Crippen molar-refractivity contribution in [2.75, 3.05) is 0 Å². The van der Waals surface area contributed by atoms with Crippen LogP contribution in [0.1, 0.15) is 24.0 Å². The molecule has 0 amide bonds. The van der Waals surface area contributed by atoms with E-state index in [0.29, 0.717) is 17.9 Å². The van der Waals surface area contributed by atoms with Gasteiger partial charge < -0.3 is 9.47 Å². The molecule has 0 fully saturated rings. The number of ether oxygens (including phenoxy) is 2. The second kappa shape index (κ2) is 7.25. The summed E-state index contributed by atoms with van der Waals surface area (Å²) in [5.74, 6) is 0.988. The van der Waals surface area contributed by atoms with Gasteiger partial charge in [-0.05, 0) is 42.7 Å². The molecular formula is C19H16F2O3. The maximum Gasteiger partial charge on any atom is 0.387 e. The van der Waals surface area contributed by atoms with Gasteiger partial charge in [-0.1, -0.05) is 24.3 Å². The van der Waals surface area contributed by atoms with Crippen LogP contribution in [-0.4, -0.2) is 12.4 Å². The number of benzene rings is 2. The minimum Gasteiger partial charge on any atom is -0.457 e. The van der Waals surface area contributed by atoms with Crippen LogP contribution < -0.4 is 9.47 Å². The van der Waals surface area contributed by atoms with Crippen LogP contribution in [0.2, 0.25) is 0 Å². The fourth-order valence-corrected chi connectivity index (χ4v) is 2.63. The summed E-state index contributed by atoms with van der Waals surface area (Å²) in [4.78, 5) is 12.0.